The Morgan fingerprint density at radius 3 is 2.56 bits per heavy atom. The van der Waals surface area contributed by atoms with Crippen LogP contribution in [0.5, 0.6) is 11.5 Å². The summed E-state index contributed by atoms with van der Waals surface area (Å²) >= 11 is 0. The van der Waals surface area contributed by atoms with Gasteiger partial charge in [0.1, 0.15) is 0 Å². The lowest BCUT2D eigenvalue weighted by Gasteiger charge is -2.22. The van der Waals surface area contributed by atoms with Crippen molar-refractivity contribution in [1.29, 1.82) is 0 Å². The van der Waals surface area contributed by atoms with Gasteiger partial charge in [0.05, 0.1) is 24.2 Å². The van der Waals surface area contributed by atoms with Gasteiger partial charge < -0.3 is 19.7 Å². The summed E-state index contributed by atoms with van der Waals surface area (Å²) < 4.78 is 39.1. The van der Waals surface area contributed by atoms with E-state index in [-0.39, 0.29) is 10.8 Å². The van der Waals surface area contributed by atoms with Gasteiger partial charge in [-0.05, 0) is 30.9 Å². The zero-order chi connectivity index (χ0) is 19.0. The van der Waals surface area contributed by atoms with Crippen LogP contribution in [-0.4, -0.2) is 64.7 Å². The molecule has 1 aromatic rings. The number of sulfonamides is 1. The minimum Gasteiger partial charge on any atom is -0.490 e. The van der Waals surface area contributed by atoms with E-state index in [1.54, 1.807) is 17.9 Å². The van der Waals surface area contributed by atoms with Crippen LogP contribution in [0.3, 0.4) is 0 Å². The number of rotatable bonds is 4. The van der Waals surface area contributed by atoms with E-state index < -0.39 is 16.1 Å². The van der Waals surface area contributed by atoms with Gasteiger partial charge in [0.25, 0.3) is 0 Å². The molecule has 3 heterocycles. The van der Waals surface area contributed by atoms with Gasteiger partial charge in [0.15, 0.2) is 11.5 Å². The fourth-order valence-corrected chi connectivity index (χ4v) is 5.18. The van der Waals surface area contributed by atoms with Crippen LogP contribution < -0.4 is 19.5 Å². The fourth-order valence-electron chi connectivity index (χ4n) is 3.97. The number of nitrogens with one attached hydrogen (secondary N) is 2. The first-order valence-corrected chi connectivity index (χ1v) is 10.8. The van der Waals surface area contributed by atoms with E-state index >= 15 is 0 Å². The summed E-state index contributed by atoms with van der Waals surface area (Å²) in [4.78, 5) is 14.5. The van der Waals surface area contributed by atoms with E-state index in [2.05, 4.69) is 10.0 Å². The molecule has 1 unspecified atom stereocenters. The molecule has 0 aromatic heterocycles. The Kier molecular flexibility index (Phi) is 5.00. The second-order valence-electron chi connectivity index (χ2n) is 7.42. The highest BCUT2D eigenvalue weighted by atomic mass is 32.2. The highest BCUT2D eigenvalue weighted by molar-refractivity contribution is 7.89. The lowest BCUT2D eigenvalue weighted by Crippen LogP contribution is -2.46. The van der Waals surface area contributed by atoms with Crippen LogP contribution in [0.4, 0.5) is 0 Å². The Balaban J connectivity index is 1.45. The van der Waals surface area contributed by atoms with Crippen molar-refractivity contribution in [1.82, 2.24) is 14.9 Å². The SMILES string of the molecule is CC(NS(=O)(=O)c1ccc2c(c1)OCCCO2)C(=O)N1C[C@H]2CNC[C@H]2C1. The molecule has 2 N–H and O–H groups in total. The smallest absolute Gasteiger partial charge is 0.241 e. The molecule has 0 aliphatic carbocycles. The summed E-state index contributed by atoms with van der Waals surface area (Å²) in [6.07, 6.45) is 0.744. The number of carbonyl (C=O) groups excluding carboxylic acids is 1. The zero-order valence-corrected chi connectivity index (χ0v) is 16.1. The van der Waals surface area contributed by atoms with Gasteiger partial charge >= 0.3 is 0 Å². The summed E-state index contributed by atoms with van der Waals surface area (Å²) in [5.41, 5.74) is 0. The van der Waals surface area contributed by atoms with Crippen LogP contribution in [-0.2, 0) is 14.8 Å². The normalized spacial score (nSPS) is 25.7. The van der Waals surface area contributed by atoms with Crippen molar-refractivity contribution in [2.24, 2.45) is 11.8 Å². The molecule has 3 atom stereocenters. The molecule has 8 nitrogen and oxygen atoms in total. The third kappa shape index (κ3) is 3.76. The minimum absolute atomic E-state index is 0.0638. The van der Waals surface area contributed by atoms with E-state index in [0.717, 1.165) is 19.5 Å². The molecule has 3 aliphatic rings. The number of amides is 1. The minimum atomic E-state index is -3.84. The van der Waals surface area contributed by atoms with Crippen LogP contribution in [0, 0.1) is 11.8 Å². The van der Waals surface area contributed by atoms with E-state index in [1.165, 1.54) is 12.1 Å². The average molecular weight is 395 g/mol. The van der Waals surface area contributed by atoms with Crippen molar-refractivity contribution in [3.05, 3.63) is 18.2 Å². The molecule has 0 saturated carbocycles. The molecular weight excluding hydrogens is 370 g/mol. The molecule has 1 amide bonds. The van der Waals surface area contributed by atoms with Crippen molar-refractivity contribution in [3.63, 3.8) is 0 Å². The molecule has 1 aromatic carbocycles. The summed E-state index contributed by atoms with van der Waals surface area (Å²) in [6.45, 7) is 5.83. The van der Waals surface area contributed by atoms with E-state index in [0.29, 0.717) is 49.6 Å². The predicted molar refractivity (Wildman–Crippen MR) is 98.3 cm³/mol. The van der Waals surface area contributed by atoms with E-state index in [1.807, 2.05) is 0 Å². The molecule has 0 radical (unpaired) electrons. The topological polar surface area (TPSA) is 97.0 Å². The Hall–Kier alpha value is -1.84. The maximum atomic E-state index is 12.7. The first-order chi connectivity index (χ1) is 12.9. The monoisotopic (exact) mass is 395 g/mol. The highest BCUT2D eigenvalue weighted by Crippen LogP contribution is 2.32. The zero-order valence-electron chi connectivity index (χ0n) is 15.3. The quantitative estimate of drug-likeness (QED) is 0.756. The fraction of sp³-hybridized carbons (Fsp3) is 0.611. The van der Waals surface area contributed by atoms with Crippen molar-refractivity contribution in [3.8, 4) is 11.5 Å². The third-order valence-corrected chi connectivity index (χ3v) is 6.97. The number of fused-ring (bicyclic) bond motifs is 2. The standard InChI is InChI=1S/C18H25N3O5S/c1-12(18(22)21-10-13-8-19-9-14(13)11-21)20-27(23,24)15-3-4-16-17(7-15)26-6-2-5-25-16/h3-4,7,12-14,19-20H,2,5-6,8-11H2,1H3/t12?,13-,14+. The van der Waals surface area contributed by atoms with Crippen LogP contribution >= 0.6 is 0 Å². The molecule has 4 rings (SSSR count). The van der Waals surface area contributed by atoms with Gasteiger partial charge in [-0.2, -0.15) is 4.72 Å². The second-order valence-corrected chi connectivity index (χ2v) is 9.14. The van der Waals surface area contributed by atoms with Crippen molar-refractivity contribution < 1.29 is 22.7 Å². The molecule has 27 heavy (non-hydrogen) atoms. The van der Waals surface area contributed by atoms with Gasteiger partial charge in [0.2, 0.25) is 15.9 Å². The summed E-state index contributed by atoms with van der Waals surface area (Å²) in [6, 6.07) is 3.69. The van der Waals surface area contributed by atoms with Crippen LogP contribution in [0.25, 0.3) is 0 Å². The molecule has 2 fully saturated rings. The summed E-state index contributed by atoms with van der Waals surface area (Å²) in [5, 5.41) is 3.33. The predicted octanol–water partition coefficient (Wildman–Crippen LogP) is 0.193. The van der Waals surface area contributed by atoms with Gasteiger partial charge in [-0.15, -0.1) is 0 Å². The number of benzene rings is 1. The van der Waals surface area contributed by atoms with Crippen LogP contribution in [0.2, 0.25) is 0 Å². The highest BCUT2D eigenvalue weighted by Gasteiger charge is 2.39. The molecule has 9 heteroatoms. The Morgan fingerprint density at radius 2 is 1.85 bits per heavy atom. The maximum Gasteiger partial charge on any atom is 0.241 e. The number of likely N-dealkylation sites (tertiary alicyclic amines) is 1. The Morgan fingerprint density at radius 1 is 1.19 bits per heavy atom. The van der Waals surface area contributed by atoms with E-state index in [4.69, 9.17) is 9.47 Å². The van der Waals surface area contributed by atoms with Crippen molar-refractivity contribution >= 4 is 15.9 Å². The second kappa shape index (κ2) is 7.29. The molecular formula is C18H25N3O5S. The van der Waals surface area contributed by atoms with Gasteiger partial charge in [0, 0.05) is 38.7 Å². The molecule has 3 aliphatic heterocycles. The van der Waals surface area contributed by atoms with Gasteiger partial charge in [-0.25, -0.2) is 8.42 Å². The van der Waals surface area contributed by atoms with Crippen molar-refractivity contribution in [2.75, 3.05) is 39.4 Å². The van der Waals surface area contributed by atoms with Crippen LogP contribution in [0.1, 0.15) is 13.3 Å². The lowest BCUT2D eigenvalue weighted by atomic mass is 10.0. The summed E-state index contributed by atoms with van der Waals surface area (Å²) in [5.74, 6) is 1.71. The number of nitrogens with zero attached hydrogens (tertiary/aromatic N) is 1. The third-order valence-electron chi connectivity index (χ3n) is 5.43. The molecule has 0 spiro atoms. The Bertz CT molecular complexity index is 816. The molecule has 148 valence electrons. The average Bonchev–Trinajstić information content (AvgIpc) is 3.15. The lowest BCUT2D eigenvalue weighted by molar-refractivity contribution is -0.131. The van der Waals surface area contributed by atoms with Crippen LogP contribution in [0.15, 0.2) is 23.1 Å². The number of carbonyl (C=O) groups is 1. The molecule has 2 saturated heterocycles. The largest absolute Gasteiger partial charge is 0.490 e. The summed E-state index contributed by atoms with van der Waals surface area (Å²) in [7, 11) is -3.84. The maximum absolute atomic E-state index is 12.7. The van der Waals surface area contributed by atoms with E-state index in [9.17, 15) is 13.2 Å². The number of hydrogen-bond acceptors (Lipinski definition) is 6. The number of ether oxygens (including phenoxy) is 2. The number of hydrogen-bond donors (Lipinski definition) is 2. The van der Waals surface area contributed by atoms with Gasteiger partial charge in [-0.1, -0.05) is 0 Å². The first-order valence-electron chi connectivity index (χ1n) is 9.35. The van der Waals surface area contributed by atoms with Gasteiger partial charge in [-0.3, -0.25) is 4.79 Å². The Labute approximate surface area is 159 Å². The van der Waals surface area contributed by atoms with Crippen molar-refractivity contribution in [2.45, 2.75) is 24.3 Å². The molecule has 0 bridgehead atoms. The first kappa shape index (κ1) is 18.5.